The standard InChI is InChI=1S/C21H25N2O2S3.C2H6/c1-25-10-6-12-28(24)21-19(22)18-15(14-7-3-2-4-8-14)13-16(23-20(18)27-21)17-9-5-11-26-17;1-2/h2-5,7-8,11,13,17,19,21,24H,6,9-10,12,22H2,1H3;1-2H3/q+1;. The van der Waals surface area contributed by atoms with Crippen LogP contribution in [0.2, 0.25) is 0 Å². The molecule has 7 heteroatoms. The van der Waals surface area contributed by atoms with E-state index in [1.165, 1.54) is 0 Å². The lowest BCUT2D eigenvalue weighted by Crippen LogP contribution is -2.29. The lowest BCUT2D eigenvalue weighted by Gasteiger charge is -2.16. The van der Waals surface area contributed by atoms with Gasteiger partial charge in [0.15, 0.2) is 11.2 Å². The topological polar surface area (TPSA) is 68.4 Å². The van der Waals surface area contributed by atoms with Crippen LogP contribution < -0.4 is 5.73 Å². The van der Waals surface area contributed by atoms with Gasteiger partial charge >= 0.3 is 0 Å². The first-order chi connectivity index (χ1) is 14.7. The highest BCUT2D eigenvalue weighted by atomic mass is 32.3. The highest BCUT2D eigenvalue weighted by Crippen LogP contribution is 2.50. The van der Waals surface area contributed by atoms with Crippen LogP contribution in [-0.2, 0) is 15.9 Å². The van der Waals surface area contributed by atoms with Crippen molar-refractivity contribution in [2.24, 2.45) is 5.73 Å². The number of allylic oxidation sites excluding steroid dienone is 1. The molecule has 4 nitrogen and oxygen atoms in total. The minimum Gasteiger partial charge on any atom is -0.384 e. The molecule has 1 aromatic heterocycles. The normalized spacial score (nSPS) is 23.0. The molecule has 0 spiro atoms. The number of fused-ring (bicyclic) bond motifs is 1. The van der Waals surface area contributed by atoms with Crippen LogP contribution in [0.4, 0.5) is 0 Å². The molecule has 0 saturated heterocycles. The third-order valence-electron chi connectivity index (χ3n) is 4.97. The molecule has 162 valence electrons. The number of thioether (sulfide) groups is 2. The molecule has 2 aliphatic rings. The Morgan fingerprint density at radius 1 is 1.27 bits per heavy atom. The van der Waals surface area contributed by atoms with Crippen LogP contribution in [-0.4, -0.2) is 33.6 Å². The molecule has 0 fully saturated rings. The molecule has 1 aromatic carbocycles. The second kappa shape index (κ2) is 11.6. The molecule has 3 heterocycles. The summed E-state index contributed by atoms with van der Waals surface area (Å²) in [5, 5.41) is 3.50. The first-order valence-electron chi connectivity index (χ1n) is 10.4. The summed E-state index contributed by atoms with van der Waals surface area (Å²) in [6, 6.07) is 12.4. The van der Waals surface area contributed by atoms with Crippen molar-refractivity contribution in [2.45, 2.75) is 47.6 Å². The maximum atomic E-state index is 10.8. The number of pyridine rings is 1. The number of hydrogen-bond acceptors (Lipinski definition) is 6. The second-order valence-electron chi connectivity index (χ2n) is 6.88. The zero-order chi connectivity index (χ0) is 21.5. The molecule has 0 bridgehead atoms. The fourth-order valence-electron chi connectivity index (χ4n) is 3.57. The number of hydrogen-bond donors (Lipinski definition) is 2. The minimum atomic E-state index is -0.776. The largest absolute Gasteiger partial charge is 0.384 e. The van der Waals surface area contributed by atoms with E-state index >= 15 is 0 Å². The fraction of sp³-hybridized carbons (Fsp3) is 0.435. The van der Waals surface area contributed by atoms with Crippen LogP contribution in [0.25, 0.3) is 11.1 Å². The lowest BCUT2D eigenvalue weighted by molar-refractivity contribution is 0.199. The van der Waals surface area contributed by atoms with Crippen molar-refractivity contribution in [1.82, 2.24) is 4.98 Å². The maximum Gasteiger partial charge on any atom is 0.220 e. The van der Waals surface area contributed by atoms with Crippen LogP contribution >= 0.6 is 23.5 Å². The van der Waals surface area contributed by atoms with E-state index in [0.29, 0.717) is 17.6 Å². The smallest absolute Gasteiger partial charge is 0.220 e. The lowest BCUT2D eigenvalue weighted by atomic mass is 9.96. The van der Waals surface area contributed by atoms with Crippen molar-refractivity contribution in [1.29, 1.82) is 0 Å². The Morgan fingerprint density at radius 3 is 2.70 bits per heavy atom. The maximum absolute atomic E-state index is 10.8. The quantitative estimate of drug-likeness (QED) is 0.386. The van der Waals surface area contributed by atoms with Crippen LogP contribution in [0.3, 0.4) is 0 Å². The van der Waals surface area contributed by atoms with Gasteiger partial charge in [-0.3, -0.25) is 0 Å². The number of benzene rings is 1. The summed E-state index contributed by atoms with van der Waals surface area (Å²) in [4.78, 5) is 4.99. The van der Waals surface area contributed by atoms with Crippen molar-refractivity contribution in [3.63, 3.8) is 0 Å². The van der Waals surface area contributed by atoms with E-state index in [0.717, 1.165) is 40.3 Å². The summed E-state index contributed by atoms with van der Waals surface area (Å²) in [5.74, 6) is 0.711. The van der Waals surface area contributed by atoms with E-state index < -0.39 is 11.2 Å². The van der Waals surface area contributed by atoms with Crippen LogP contribution in [0, 0.1) is 0 Å². The van der Waals surface area contributed by atoms with E-state index in [1.807, 2.05) is 31.7 Å². The van der Waals surface area contributed by atoms with E-state index in [4.69, 9.17) is 15.5 Å². The van der Waals surface area contributed by atoms with Gasteiger partial charge in [0.2, 0.25) is 4.58 Å². The van der Waals surface area contributed by atoms with Gasteiger partial charge in [-0.1, -0.05) is 50.3 Å². The summed E-state index contributed by atoms with van der Waals surface area (Å²) in [6.45, 7) is 4.66. The first-order valence-corrected chi connectivity index (χ1v) is 13.6. The summed E-state index contributed by atoms with van der Waals surface area (Å²) in [7, 11) is 1.69. The minimum absolute atomic E-state index is 0.0496. The van der Waals surface area contributed by atoms with Gasteiger partial charge in [0.05, 0.1) is 23.6 Å². The van der Waals surface area contributed by atoms with Gasteiger partial charge in [0.25, 0.3) is 0 Å². The zero-order valence-corrected chi connectivity index (χ0v) is 20.2. The van der Waals surface area contributed by atoms with E-state index in [9.17, 15) is 4.55 Å². The SMILES string of the molecule is CC.COCCC[S+](O)C1Sc2nc(C3CC=CS3)cc(-c3ccccc3)c2C1N. The molecule has 4 atom stereocenters. The van der Waals surface area contributed by atoms with Crippen LogP contribution in [0.15, 0.2) is 52.9 Å². The number of ether oxygens (including phenoxy) is 1. The number of methoxy groups -OCH3 is 1. The van der Waals surface area contributed by atoms with Gasteiger partial charge in [-0.05, 0) is 40.8 Å². The molecule has 0 radical (unpaired) electrons. The van der Waals surface area contributed by atoms with Crippen LogP contribution in [0.1, 0.15) is 49.2 Å². The van der Waals surface area contributed by atoms with Gasteiger partial charge in [0, 0.05) is 19.1 Å². The summed E-state index contributed by atoms with van der Waals surface area (Å²) in [5.41, 5.74) is 11.2. The molecule has 2 aromatic rings. The third-order valence-corrected chi connectivity index (χ3v) is 9.64. The predicted molar refractivity (Wildman–Crippen MR) is 133 cm³/mol. The van der Waals surface area contributed by atoms with Crippen LogP contribution in [0.5, 0.6) is 0 Å². The van der Waals surface area contributed by atoms with Gasteiger partial charge in [-0.25, -0.2) is 4.98 Å². The summed E-state index contributed by atoms with van der Waals surface area (Å²) in [6.07, 6.45) is 4.05. The highest BCUT2D eigenvalue weighted by molar-refractivity contribution is 8.13. The Kier molecular flexibility index (Phi) is 9.16. The Morgan fingerprint density at radius 2 is 2.03 bits per heavy atom. The summed E-state index contributed by atoms with van der Waals surface area (Å²) < 4.78 is 15.9. The Bertz CT molecular complexity index is 840. The first kappa shape index (κ1) is 23.7. The number of nitrogens with zero attached hydrogens (tertiary/aromatic N) is 1. The van der Waals surface area contributed by atoms with E-state index in [-0.39, 0.29) is 10.6 Å². The molecule has 0 aliphatic carbocycles. The molecule has 0 amide bonds. The fourth-order valence-corrected chi connectivity index (χ4v) is 7.63. The number of rotatable bonds is 7. The zero-order valence-electron chi connectivity index (χ0n) is 17.8. The average Bonchev–Trinajstić information content (AvgIpc) is 3.44. The number of aromatic nitrogens is 1. The average molecular weight is 464 g/mol. The molecular weight excluding hydrogens is 432 g/mol. The number of nitrogens with two attached hydrogens (primary N) is 1. The van der Waals surface area contributed by atoms with Gasteiger partial charge < -0.3 is 10.5 Å². The Balaban J connectivity index is 0.00000124. The van der Waals surface area contributed by atoms with Gasteiger partial charge in [-0.15, -0.1) is 11.8 Å². The highest BCUT2D eigenvalue weighted by Gasteiger charge is 2.46. The predicted octanol–water partition coefficient (Wildman–Crippen LogP) is 6.03. The van der Waals surface area contributed by atoms with Crippen molar-refractivity contribution in [3.05, 3.63) is 59.1 Å². The molecular formula is C23H31N2O2S3+. The molecule has 2 aliphatic heterocycles. The Hall–Kier alpha value is -0.960. The van der Waals surface area contributed by atoms with Crippen molar-refractivity contribution in [2.75, 3.05) is 19.5 Å². The third kappa shape index (κ3) is 5.26. The second-order valence-corrected chi connectivity index (χ2v) is 11.1. The van der Waals surface area contributed by atoms with Crippen molar-refractivity contribution >= 4 is 34.7 Å². The monoisotopic (exact) mass is 463 g/mol. The van der Waals surface area contributed by atoms with Gasteiger partial charge in [-0.2, -0.15) is 4.55 Å². The van der Waals surface area contributed by atoms with E-state index in [1.54, 1.807) is 18.9 Å². The van der Waals surface area contributed by atoms with Crippen molar-refractivity contribution in [3.8, 4) is 11.1 Å². The molecule has 3 N–H and O–H groups in total. The van der Waals surface area contributed by atoms with Gasteiger partial charge in [0.1, 0.15) is 10.8 Å². The molecule has 30 heavy (non-hydrogen) atoms. The summed E-state index contributed by atoms with van der Waals surface area (Å²) >= 11 is 2.69. The van der Waals surface area contributed by atoms with Crippen molar-refractivity contribution < 1.29 is 9.29 Å². The molecule has 4 rings (SSSR count). The molecule has 4 unspecified atom stereocenters. The van der Waals surface area contributed by atoms with E-state index in [2.05, 4.69) is 41.8 Å². The Labute approximate surface area is 191 Å². The molecule has 0 saturated carbocycles.